The van der Waals surface area contributed by atoms with Crippen molar-refractivity contribution in [1.82, 2.24) is 4.72 Å². The fraction of sp³-hybridized carbons (Fsp3) is 0.133. The molecule has 0 unspecified atom stereocenters. The Hall–Kier alpha value is -4.66. The summed E-state index contributed by atoms with van der Waals surface area (Å²) in [6.45, 7) is 2.50. The first-order valence-corrected chi connectivity index (χ1v) is 16.6. The molecule has 0 bridgehead atoms. The maximum Gasteiger partial charge on any atom is 0.337 e. The zero-order valence-electron chi connectivity index (χ0n) is 23.5. The first-order valence-electron chi connectivity index (χ1n) is 13.2. The quantitative estimate of drug-likeness (QED) is 0.143. The molecule has 0 aliphatic carbocycles. The number of carboxylic acids is 1. The minimum Gasteiger partial charge on any atom is -0.494 e. The van der Waals surface area contributed by atoms with E-state index in [1.54, 1.807) is 4.72 Å². The molecule has 4 aromatic rings. The van der Waals surface area contributed by atoms with Gasteiger partial charge >= 0.3 is 5.97 Å². The van der Waals surface area contributed by atoms with E-state index in [0.717, 1.165) is 31.0 Å². The molecule has 15 heteroatoms. The predicted octanol–water partition coefficient (Wildman–Crippen LogP) is 6.07. The van der Waals surface area contributed by atoms with E-state index in [-0.39, 0.29) is 27.6 Å². The average molecular weight is 677 g/mol. The number of hydrogen-bond donors (Lipinski definition) is 3. The highest BCUT2D eigenvalue weighted by atomic mass is 35.5. The number of carboxylic acid groups (broad SMARTS) is 1. The van der Waals surface area contributed by atoms with Gasteiger partial charge in [0, 0.05) is 5.56 Å². The number of aromatic carboxylic acids is 1. The van der Waals surface area contributed by atoms with Crippen LogP contribution in [0.25, 0.3) is 0 Å². The summed E-state index contributed by atoms with van der Waals surface area (Å²) in [5, 5.41) is 9.32. The Labute approximate surface area is 263 Å². The monoisotopic (exact) mass is 676 g/mol. The number of anilines is 1. The van der Waals surface area contributed by atoms with Gasteiger partial charge in [-0.1, -0.05) is 37.1 Å². The van der Waals surface area contributed by atoms with Gasteiger partial charge in [-0.05, 0) is 79.2 Å². The minimum atomic E-state index is -4.62. The van der Waals surface area contributed by atoms with Crippen molar-refractivity contribution in [2.24, 2.45) is 0 Å². The number of sulfonamides is 2. The van der Waals surface area contributed by atoms with Gasteiger partial charge in [0.25, 0.3) is 26.0 Å². The van der Waals surface area contributed by atoms with Crippen LogP contribution in [0.15, 0.2) is 94.7 Å². The number of ether oxygens (including phenoxy) is 2. The summed E-state index contributed by atoms with van der Waals surface area (Å²) in [5.74, 6) is -3.30. The Morgan fingerprint density at radius 1 is 0.867 bits per heavy atom. The summed E-state index contributed by atoms with van der Waals surface area (Å²) < 4.78 is 80.6. The number of carbonyl (C=O) groups excluding carboxylic acids is 1. The molecule has 0 aliphatic heterocycles. The number of unbranched alkanes of at least 4 members (excludes halogenated alkanes) is 1. The largest absolute Gasteiger partial charge is 0.494 e. The number of halogens is 2. The molecule has 0 saturated carbocycles. The molecule has 0 fully saturated rings. The second kappa shape index (κ2) is 14.0. The third kappa shape index (κ3) is 8.29. The molecule has 0 saturated heterocycles. The van der Waals surface area contributed by atoms with Crippen LogP contribution in [0.1, 0.15) is 40.5 Å². The van der Waals surface area contributed by atoms with Crippen LogP contribution in [0.2, 0.25) is 5.02 Å². The molecule has 0 aliphatic rings. The van der Waals surface area contributed by atoms with Crippen molar-refractivity contribution >= 4 is 49.2 Å². The van der Waals surface area contributed by atoms with Crippen molar-refractivity contribution in [3.8, 4) is 17.2 Å². The van der Waals surface area contributed by atoms with Gasteiger partial charge in [-0.2, -0.15) is 0 Å². The van der Waals surface area contributed by atoms with Gasteiger partial charge in [-0.3, -0.25) is 9.52 Å². The lowest BCUT2D eigenvalue weighted by Crippen LogP contribution is -2.31. The van der Waals surface area contributed by atoms with Crippen molar-refractivity contribution in [2.45, 2.75) is 29.6 Å². The lowest BCUT2D eigenvalue weighted by Gasteiger charge is -2.14. The van der Waals surface area contributed by atoms with Gasteiger partial charge in [0.1, 0.15) is 22.1 Å². The smallest absolute Gasteiger partial charge is 0.337 e. The first kappa shape index (κ1) is 33.2. The molecule has 0 heterocycles. The number of amides is 1. The zero-order valence-corrected chi connectivity index (χ0v) is 25.9. The van der Waals surface area contributed by atoms with Crippen LogP contribution in [-0.4, -0.2) is 40.4 Å². The van der Waals surface area contributed by atoms with Crippen LogP contribution in [-0.2, 0) is 20.0 Å². The van der Waals surface area contributed by atoms with Crippen molar-refractivity contribution < 1.29 is 45.4 Å². The molecular weight excluding hydrogens is 651 g/mol. The van der Waals surface area contributed by atoms with Crippen LogP contribution < -0.4 is 18.9 Å². The molecule has 11 nitrogen and oxygen atoms in total. The van der Waals surface area contributed by atoms with Gasteiger partial charge in [-0.25, -0.2) is 30.7 Å². The molecule has 45 heavy (non-hydrogen) atoms. The van der Waals surface area contributed by atoms with Crippen molar-refractivity contribution in [1.29, 1.82) is 0 Å². The highest BCUT2D eigenvalue weighted by Crippen LogP contribution is 2.29. The first-order chi connectivity index (χ1) is 21.3. The Morgan fingerprint density at radius 2 is 1.53 bits per heavy atom. The Kier molecular flexibility index (Phi) is 10.3. The molecule has 4 rings (SSSR count). The summed E-state index contributed by atoms with van der Waals surface area (Å²) in [7, 11) is -8.79. The van der Waals surface area contributed by atoms with E-state index in [1.165, 1.54) is 66.7 Å². The Morgan fingerprint density at radius 3 is 2.22 bits per heavy atom. The van der Waals surface area contributed by atoms with Crippen molar-refractivity contribution in [2.75, 3.05) is 11.3 Å². The van der Waals surface area contributed by atoms with E-state index in [9.17, 15) is 35.9 Å². The summed E-state index contributed by atoms with van der Waals surface area (Å²) >= 11 is 5.65. The molecule has 0 atom stereocenters. The zero-order chi connectivity index (χ0) is 32.8. The van der Waals surface area contributed by atoms with Crippen molar-refractivity contribution in [3.05, 3.63) is 107 Å². The molecule has 236 valence electrons. The average Bonchev–Trinajstić information content (AvgIpc) is 2.99. The van der Waals surface area contributed by atoms with Gasteiger partial charge in [0.15, 0.2) is 5.82 Å². The maximum absolute atomic E-state index is 14.2. The summed E-state index contributed by atoms with van der Waals surface area (Å²) in [5.41, 5.74) is -0.841. The van der Waals surface area contributed by atoms with E-state index in [2.05, 4.69) is 4.72 Å². The predicted molar refractivity (Wildman–Crippen MR) is 164 cm³/mol. The third-order valence-electron chi connectivity index (χ3n) is 6.13. The number of carbonyl (C=O) groups is 2. The van der Waals surface area contributed by atoms with E-state index in [4.69, 9.17) is 21.1 Å². The normalized spacial score (nSPS) is 11.4. The van der Waals surface area contributed by atoms with Gasteiger partial charge < -0.3 is 14.6 Å². The fourth-order valence-electron chi connectivity index (χ4n) is 3.87. The molecular formula is C30H26ClFN2O9S2. The summed E-state index contributed by atoms with van der Waals surface area (Å²) in [4.78, 5) is 23.8. The second-order valence-corrected chi connectivity index (χ2v) is 13.1. The number of benzene rings is 4. The number of rotatable bonds is 13. The van der Waals surface area contributed by atoms with E-state index in [1.807, 2.05) is 6.92 Å². The SMILES string of the molecule is CCCCOc1ccc(S(=O)(=O)Nc2ccc(Oc3cccc(C(=O)NS(=O)(=O)c4cccc(Cl)c4F)c3)cc2C(=O)O)cc1. The summed E-state index contributed by atoms with van der Waals surface area (Å²) in [6.07, 6.45) is 1.79. The van der Waals surface area contributed by atoms with Crippen LogP contribution in [0.5, 0.6) is 17.2 Å². The second-order valence-electron chi connectivity index (χ2n) is 9.41. The van der Waals surface area contributed by atoms with E-state index < -0.39 is 53.2 Å². The molecule has 1 amide bonds. The van der Waals surface area contributed by atoms with Crippen LogP contribution in [0, 0.1) is 5.82 Å². The number of hydrogen-bond acceptors (Lipinski definition) is 8. The lowest BCUT2D eigenvalue weighted by atomic mass is 10.1. The molecule has 0 radical (unpaired) electrons. The van der Waals surface area contributed by atoms with Gasteiger partial charge in [0.05, 0.1) is 27.8 Å². The Balaban J connectivity index is 1.50. The van der Waals surface area contributed by atoms with E-state index in [0.29, 0.717) is 12.4 Å². The Bertz CT molecular complexity index is 1950. The number of nitrogens with one attached hydrogen (secondary N) is 2. The molecule has 0 aromatic heterocycles. The maximum atomic E-state index is 14.2. The molecule has 3 N–H and O–H groups in total. The van der Waals surface area contributed by atoms with E-state index >= 15 is 0 Å². The van der Waals surface area contributed by atoms with Gasteiger partial charge in [0.2, 0.25) is 0 Å². The molecule has 0 spiro atoms. The van der Waals surface area contributed by atoms with Gasteiger partial charge in [-0.15, -0.1) is 0 Å². The molecule has 4 aromatic carbocycles. The van der Waals surface area contributed by atoms with Crippen LogP contribution in [0.3, 0.4) is 0 Å². The summed E-state index contributed by atoms with van der Waals surface area (Å²) in [6, 6.07) is 17.8. The third-order valence-corrected chi connectivity index (χ3v) is 9.15. The highest BCUT2D eigenvalue weighted by Gasteiger charge is 2.24. The standard InChI is InChI=1S/C30H26ClFN2O9S2/c1-2-3-16-42-20-10-13-23(14-11-20)44(38,39)33-26-15-12-22(18-24(26)30(36)37)43-21-7-4-6-19(17-21)29(35)34-45(40,41)27-9-5-8-25(31)28(27)32/h4-15,17-18,33H,2-3,16H2,1H3,(H,34,35)(H,36,37). The fourth-order valence-corrected chi connectivity index (χ4v) is 6.26. The lowest BCUT2D eigenvalue weighted by molar-refractivity contribution is 0.0697. The minimum absolute atomic E-state index is 0.0138. The topological polar surface area (TPSA) is 165 Å². The van der Waals surface area contributed by atoms with Crippen LogP contribution >= 0.6 is 11.6 Å². The van der Waals surface area contributed by atoms with Crippen molar-refractivity contribution in [3.63, 3.8) is 0 Å². The highest BCUT2D eigenvalue weighted by molar-refractivity contribution is 7.92. The van der Waals surface area contributed by atoms with Crippen LogP contribution in [0.4, 0.5) is 10.1 Å².